The van der Waals surface area contributed by atoms with E-state index in [1.807, 2.05) is 27.9 Å². The third-order valence-electron chi connectivity index (χ3n) is 3.56. The van der Waals surface area contributed by atoms with Crippen molar-refractivity contribution in [3.8, 4) is 0 Å². The van der Waals surface area contributed by atoms with Gasteiger partial charge in [-0.2, -0.15) is 0 Å². The third kappa shape index (κ3) is 2.23. The summed E-state index contributed by atoms with van der Waals surface area (Å²) in [5, 5.41) is 1.96. The van der Waals surface area contributed by atoms with Crippen molar-refractivity contribution in [3.05, 3.63) is 17.3 Å². The van der Waals surface area contributed by atoms with Gasteiger partial charge in [0.05, 0.1) is 23.1 Å². The van der Waals surface area contributed by atoms with Crippen LogP contribution < -0.4 is 4.90 Å². The maximum absolute atomic E-state index is 11.6. The summed E-state index contributed by atoms with van der Waals surface area (Å²) in [4.78, 5) is 7.41. The topological polar surface area (TPSA) is 54.7 Å². The van der Waals surface area contributed by atoms with Crippen molar-refractivity contribution in [1.82, 2.24) is 9.38 Å². The quantitative estimate of drug-likeness (QED) is 0.809. The van der Waals surface area contributed by atoms with Crippen molar-refractivity contribution in [1.29, 1.82) is 0 Å². The lowest BCUT2D eigenvalue weighted by Gasteiger charge is -2.24. The van der Waals surface area contributed by atoms with E-state index in [4.69, 9.17) is 11.6 Å². The highest BCUT2D eigenvalue weighted by atomic mass is 35.5. The molecule has 104 valence electrons. The van der Waals surface area contributed by atoms with E-state index in [2.05, 4.69) is 4.98 Å². The molecule has 1 unspecified atom stereocenters. The zero-order valence-electron chi connectivity index (χ0n) is 10.4. The summed E-state index contributed by atoms with van der Waals surface area (Å²) in [6, 6.07) is -0.00317. The van der Waals surface area contributed by atoms with Gasteiger partial charge in [-0.25, -0.2) is 13.4 Å². The first-order valence-corrected chi connectivity index (χ1v) is 9.19. The number of nitrogens with zero attached hydrogens (tertiary/aromatic N) is 3. The molecule has 1 aliphatic heterocycles. The molecule has 0 spiro atoms. The fourth-order valence-electron chi connectivity index (χ4n) is 2.48. The molecule has 5 nitrogen and oxygen atoms in total. The highest BCUT2D eigenvalue weighted by Crippen LogP contribution is 2.29. The number of thiazole rings is 1. The maximum Gasteiger partial charge on any atom is 0.195 e. The Kier molecular flexibility index (Phi) is 3.23. The van der Waals surface area contributed by atoms with Crippen molar-refractivity contribution in [2.75, 3.05) is 23.5 Å². The predicted octanol–water partition coefficient (Wildman–Crippen LogP) is 1.76. The van der Waals surface area contributed by atoms with Crippen LogP contribution in [0.4, 0.5) is 5.82 Å². The minimum absolute atomic E-state index is 0.00317. The minimum Gasteiger partial charge on any atom is -0.354 e. The maximum atomic E-state index is 11.6. The molecular weight excluding hydrogens is 306 g/mol. The molecule has 0 amide bonds. The van der Waals surface area contributed by atoms with Crippen molar-refractivity contribution in [2.24, 2.45) is 0 Å². The molecule has 1 aliphatic rings. The van der Waals surface area contributed by atoms with Gasteiger partial charge < -0.3 is 4.90 Å². The van der Waals surface area contributed by atoms with Crippen molar-refractivity contribution < 1.29 is 8.42 Å². The van der Waals surface area contributed by atoms with Gasteiger partial charge in [0.2, 0.25) is 0 Å². The summed E-state index contributed by atoms with van der Waals surface area (Å²) in [5.74, 6) is 1.62. The first kappa shape index (κ1) is 13.2. The van der Waals surface area contributed by atoms with Gasteiger partial charge in [0.1, 0.15) is 0 Å². The third-order valence-corrected chi connectivity index (χ3v) is 6.32. The number of aromatic nitrogens is 2. The van der Waals surface area contributed by atoms with Gasteiger partial charge in [0.25, 0.3) is 0 Å². The molecule has 1 fully saturated rings. The van der Waals surface area contributed by atoms with E-state index in [1.54, 1.807) is 11.3 Å². The van der Waals surface area contributed by atoms with Gasteiger partial charge in [-0.05, 0) is 6.42 Å². The molecule has 19 heavy (non-hydrogen) atoms. The monoisotopic (exact) mass is 319 g/mol. The zero-order valence-corrected chi connectivity index (χ0v) is 12.8. The summed E-state index contributed by atoms with van der Waals surface area (Å²) >= 11 is 7.56. The minimum atomic E-state index is -2.89. The Morgan fingerprint density at radius 2 is 2.42 bits per heavy atom. The predicted molar refractivity (Wildman–Crippen MR) is 78.1 cm³/mol. The molecule has 2 aromatic rings. The van der Waals surface area contributed by atoms with Crippen LogP contribution in [0.3, 0.4) is 0 Å². The molecule has 0 radical (unpaired) electrons. The zero-order chi connectivity index (χ0) is 13.6. The Hall–Kier alpha value is -0.790. The lowest BCUT2D eigenvalue weighted by molar-refractivity contribution is 0.600. The van der Waals surface area contributed by atoms with E-state index >= 15 is 0 Å². The molecule has 0 saturated carbocycles. The summed E-state index contributed by atoms with van der Waals surface area (Å²) in [7, 11) is -0.995. The first-order valence-electron chi connectivity index (χ1n) is 5.95. The largest absolute Gasteiger partial charge is 0.354 e. The molecular formula is C11H14ClN3O2S2. The van der Waals surface area contributed by atoms with Crippen LogP contribution in [-0.2, 0) is 15.7 Å². The molecule has 3 heterocycles. The van der Waals surface area contributed by atoms with Crippen molar-refractivity contribution in [3.63, 3.8) is 0 Å². The van der Waals surface area contributed by atoms with Gasteiger partial charge in [-0.3, -0.25) is 4.40 Å². The number of fused-ring (bicyclic) bond motifs is 1. The summed E-state index contributed by atoms with van der Waals surface area (Å²) < 4.78 is 25.1. The second kappa shape index (κ2) is 4.64. The van der Waals surface area contributed by atoms with Gasteiger partial charge in [0, 0.05) is 24.7 Å². The van der Waals surface area contributed by atoms with Crippen LogP contribution in [0.5, 0.6) is 0 Å². The average molecular weight is 320 g/mol. The van der Waals surface area contributed by atoms with Crippen LogP contribution >= 0.6 is 22.9 Å². The van der Waals surface area contributed by atoms with E-state index in [9.17, 15) is 8.42 Å². The Balaban J connectivity index is 1.97. The van der Waals surface area contributed by atoms with Crippen LogP contribution in [0.2, 0.25) is 0 Å². The van der Waals surface area contributed by atoms with Gasteiger partial charge >= 0.3 is 0 Å². The Morgan fingerprint density at radius 3 is 3.05 bits per heavy atom. The molecule has 0 aliphatic carbocycles. The number of sulfone groups is 1. The van der Waals surface area contributed by atoms with Crippen LogP contribution in [-0.4, -0.2) is 42.4 Å². The SMILES string of the molecule is CN(c1nc2sccn2c1CCl)C1CCS(=O)(=O)C1. The summed E-state index contributed by atoms with van der Waals surface area (Å²) in [5.41, 5.74) is 0.921. The second-order valence-corrected chi connectivity index (χ2v) is 8.11. The van der Waals surface area contributed by atoms with Crippen LogP contribution in [0.15, 0.2) is 11.6 Å². The summed E-state index contributed by atoms with van der Waals surface area (Å²) in [6.45, 7) is 0. The van der Waals surface area contributed by atoms with Crippen molar-refractivity contribution >= 4 is 43.6 Å². The highest BCUT2D eigenvalue weighted by molar-refractivity contribution is 7.91. The van der Waals surface area contributed by atoms with Crippen LogP contribution in [0.25, 0.3) is 4.96 Å². The highest BCUT2D eigenvalue weighted by Gasteiger charge is 2.32. The van der Waals surface area contributed by atoms with E-state index in [-0.39, 0.29) is 17.5 Å². The molecule has 0 aromatic carbocycles. The number of hydrogen-bond acceptors (Lipinski definition) is 5. The fourth-order valence-corrected chi connectivity index (χ4v) is 5.23. The Bertz CT molecular complexity index is 707. The molecule has 2 aromatic heterocycles. The number of imidazole rings is 1. The molecule has 0 N–H and O–H groups in total. The second-order valence-electron chi connectivity index (χ2n) is 4.74. The standard InChI is InChI=1S/C11H14ClN3O2S2/c1-14(8-2-5-19(16,17)7-8)10-9(6-12)15-3-4-18-11(15)13-10/h3-4,8H,2,5-7H2,1H3. The van der Waals surface area contributed by atoms with E-state index in [1.165, 1.54) is 0 Å². The molecule has 1 atom stereocenters. The van der Waals surface area contributed by atoms with Gasteiger partial charge in [-0.15, -0.1) is 22.9 Å². The smallest absolute Gasteiger partial charge is 0.195 e. The van der Waals surface area contributed by atoms with E-state index in [0.717, 1.165) is 16.5 Å². The number of halogens is 1. The van der Waals surface area contributed by atoms with E-state index < -0.39 is 9.84 Å². The van der Waals surface area contributed by atoms with Crippen LogP contribution in [0.1, 0.15) is 12.1 Å². The fraction of sp³-hybridized carbons (Fsp3) is 0.545. The number of alkyl halides is 1. The summed E-state index contributed by atoms with van der Waals surface area (Å²) in [6.07, 6.45) is 2.60. The van der Waals surface area contributed by atoms with Gasteiger partial charge in [0.15, 0.2) is 20.6 Å². The molecule has 8 heteroatoms. The van der Waals surface area contributed by atoms with E-state index in [0.29, 0.717) is 12.3 Å². The van der Waals surface area contributed by atoms with Crippen LogP contribution in [0, 0.1) is 0 Å². The Morgan fingerprint density at radius 1 is 1.63 bits per heavy atom. The average Bonchev–Trinajstić information content (AvgIpc) is 3.00. The number of rotatable bonds is 3. The van der Waals surface area contributed by atoms with Crippen molar-refractivity contribution in [2.45, 2.75) is 18.3 Å². The number of hydrogen-bond donors (Lipinski definition) is 0. The lowest BCUT2D eigenvalue weighted by Crippen LogP contribution is -2.33. The number of anilines is 1. The molecule has 0 bridgehead atoms. The van der Waals surface area contributed by atoms with Gasteiger partial charge in [-0.1, -0.05) is 0 Å². The molecule has 1 saturated heterocycles. The normalized spacial score (nSPS) is 22.1. The Labute approximate surface area is 120 Å². The molecule has 3 rings (SSSR count). The first-order chi connectivity index (χ1) is 9.02. The lowest BCUT2D eigenvalue weighted by atomic mass is 10.2.